The molecule has 0 unspecified atom stereocenters. The van der Waals surface area contributed by atoms with Crippen molar-refractivity contribution in [3.8, 4) is 26.8 Å². The molecular weight excluding hydrogens is 323 g/mol. The van der Waals surface area contributed by atoms with Gasteiger partial charge in [-0.2, -0.15) is 13.2 Å². The van der Waals surface area contributed by atoms with Gasteiger partial charge in [-0.3, -0.25) is 0 Å². The summed E-state index contributed by atoms with van der Waals surface area (Å²) in [6.07, 6.45) is -2.65. The summed E-state index contributed by atoms with van der Waals surface area (Å²) in [5.74, 6) is 0.758. The first-order valence-electron chi connectivity index (χ1n) is 6.75. The predicted octanol–water partition coefficient (Wildman–Crippen LogP) is 5.50. The quantitative estimate of drug-likeness (QED) is 0.630. The molecule has 2 aromatic carbocycles. The van der Waals surface area contributed by atoms with Gasteiger partial charge < -0.3 is 4.74 Å². The fraction of sp³-hybridized carbons (Fsp3) is 0.118. The van der Waals surface area contributed by atoms with Crippen molar-refractivity contribution < 1.29 is 17.9 Å². The largest absolute Gasteiger partial charge is 0.497 e. The van der Waals surface area contributed by atoms with E-state index in [1.807, 2.05) is 24.3 Å². The topological polar surface area (TPSA) is 22.1 Å². The molecule has 23 heavy (non-hydrogen) atoms. The van der Waals surface area contributed by atoms with Crippen molar-refractivity contribution in [3.63, 3.8) is 0 Å². The Kier molecular flexibility index (Phi) is 4.09. The SMILES string of the molecule is COc1ccc(-c2ncc(-c3ccc(C(F)(F)F)cc3)s2)cc1. The lowest BCUT2D eigenvalue weighted by Crippen LogP contribution is -2.03. The first-order valence-corrected chi connectivity index (χ1v) is 7.57. The monoisotopic (exact) mass is 335 g/mol. The van der Waals surface area contributed by atoms with Crippen LogP contribution in [0.25, 0.3) is 21.0 Å². The summed E-state index contributed by atoms with van der Waals surface area (Å²) in [6, 6.07) is 12.6. The van der Waals surface area contributed by atoms with E-state index in [1.54, 1.807) is 13.3 Å². The zero-order valence-electron chi connectivity index (χ0n) is 12.1. The van der Waals surface area contributed by atoms with Crippen molar-refractivity contribution in [2.75, 3.05) is 7.11 Å². The third-order valence-corrected chi connectivity index (χ3v) is 4.43. The van der Waals surface area contributed by atoms with E-state index >= 15 is 0 Å². The molecule has 3 aromatic rings. The summed E-state index contributed by atoms with van der Waals surface area (Å²) >= 11 is 1.43. The van der Waals surface area contributed by atoms with Gasteiger partial charge in [-0.15, -0.1) is 11.3 Å². The molecule has 1 aromatic heterocycles. The molecule has 0 atom stereocenters. The molecule has 0 saturated heterocycles. The number of hydrogen-bond acceptors (Lipinski definition) is 3. The number of hydrogen-bond donors (Lipinski definition) is 0. The first-order chi connectivity index (χ1) is 11.0. The van der Waals surface area contributed by atoms with E-state index in [1.165, 1.54) is 23.5 Å². The number of thiazole rings is 1. The van der Waals surface area contributed by atoms with Gasteiger partial charge in [0, 0.05) is 11.8 Å². The molecule has 0 saturated carbocycles. The lowest BCUT2D eigenvalue weighted by molar-refractivity contribution is -0.137. The predicted molar refractivity (Wildman–Crippen MR) is 84.5 cm³/mol. The Bertz CT molecular complexity index is 792. The molecular formula is C17H12F3NOS. The highest BCUT2D eigenvalue weighted by molar-refractivity contribution is 7.18. The van der Waals surface area contributed by atoms with Crippen LogP contribution in [0, 0.1) is 0 Å². The third kappa shape index (κ3) is 3.37. The van der Waals surface area contributed by atoms with Crippen LogP contribution in [0.4, 0.5) is 13.2 Å². The van der Waals surface area contributed by atoms with Crippen LogP contribution in [0.15, 0.2) is 54.7 Å². The molecule has 0 spiro atoms. The minimum atomic E-state index is -4.32. The zero-order valence-corrected chi connectivity index (χ0v) is 12.9. The third-order valence-electron chi connectivity index (χ3n) is 3.34. The van der Waals surface area contributed by atoms with Gasteiger partial charge in [0.2, 0.25) is 0 Å². The van der Waals surface area contributed by atoms with Crippen LogP contribution in [0.1, 0.15) is 5.56 Å². The second-order valence-corrected chi connectivity index (χ2v) is 5.86. The minimum Gasteiger partial charge on any atom is -0.497 e. The Morgan fingerprint density at radius 2 is 1.52 bits per heavy atom. The highest BCUT2D eigenvalue weighted by Crippen LogP contribution is 2.35. The summed E-state index contributed by atoms with van der Waals surface area (Å²) in [5.41, 5.74) is 1.00. The zero-order chi connectivity index (χ0) is 16.4. The minimum absolute atomic E-state index is 0.652. The van der Waals surface area contributed by atoms with Crippen LogP contribution < -0.4 is 4.74 Å². The molecule has 3 rings (SSSR count). The summed E-state index contributed by atoms with van der Waals surface area (Å²) in [4.78, 5) is 5.17. The Morgan fingerprint density at radius 1 is 0.913 bits per heavy atom. The molecule has 0 radical (unpaired) electrons. The molecule has 0 amide bonds. The van der Waals surface area contributed by atoms with Crippen LogP contribution in [0.3, 0.4) is 0 Å². The number of methoxy groups -OCH3 is 1. The molecule has 6 heteroatoms. The Balaban J connectivity index is 1.86. The van der Waals surface area contributed by atoms with Crippen molar-refractivity contribution in [2.45, 2.75) is 6.18 Å². The number of alkyl halides is 3. The summed E-state index contributed by atoms with van der Waals surface area (Å²) in [7, 11) is 1.60. The van der Waals surface area contributed by atoms with Gasteiger partial charge in [-0.1, -0.05) is 12.1 Å². The van der Waals surface area contributed by atoms with Gasteiger partial charge in [0.15, 0.2) is 0 Å². The van der Waals surface area contributed by atoms with Gasteiger partial charge in [0.05, 0.1) is 17.6 Å². The van der Waals surface area contributed by atoms with Gasteiger partial charge in [0.25, 0.3) is 0 Å². The second kappa shape index (κ2) is 6.04. The van der Waals surface area contributed by atoms with Gasteiger partial charge in [0.1, 0.15) is 10.8 Å². The summed E-state index contributed by atoms with van der Waals surface area (Å²) in [5, 5.41) is 0.808. The second-order valence-electron chi connectivity index (χ2n) is 4.83. The molecule has 2 nitrogen and oxygen atoms in total. The summed E-state index contributed by atoms with van der Waals surface area (Å²) in [6.45, 7) is 0. The Hall–Kier alpha value is -2.34. The molecule has 0 aliphatic rings. The maximum atomic E-state index is 12.6. The van der Waals surface area contributed by atoms with E-state index in [9.17, 15) is 13.2 Å². The van der Waals surface area contributed by atoms with Gasteiger partial charge in [-0.25, -0.2) is 4.98 Å². The number of aromatic nitrogens is 1. The molecule has 118 valence electrons. The molecule has 1 heterocycles. The highest BCUT2D eigenvalue weighted by Gasteiger charge is 2.30. The molecule has 0 bridgehead atoms. The fourth-order valence-electron chi connectivity index (χ4n) is 2.10. The Labute approximate surface area is 135 Å². The first kappa shape index (κ1) is 15.6. The standard InChI is InChI=1S/C17H12F3NOS/c1-22-14-8-4-12(5-9-14)16-21-10-15(23-16)11-2-6-13(7-3-11)17(18,19)20/h2-10H,1H3. The lowest BCUT2D eigenvalue weighted by atomic mass is 10.1. The molecule has 0 fully saturated rings. The van der Waals surface area contributed by atoms with E-state index in [0.29, 0.717) is 0 Å². The van der Waals surface area contributed by atoms with E-state index in [4.69, 9.17) is 4.74 Å². The maximum absolute atomic E-state index is 12.6. The van der Waals surface area contributed by atoms with Crippen LogP contribution in [-0.2, 0) is 6.18 Å². The van der Waals surface area contributed by atoms with Crippen molar-refractivity contribution in [1.29, 1.82) is 0 Å². The average Bonchev–Trinajstić information content (AvgIpc) is 3.04. The number of ether oxygens (including phenoxy) is 1. The number of halogens is 3. The van der Waals surface area contributed by atoms with Crippen molar-refractivity contribution >= 4 is 11.3 Å². The average molecular weight is 335 g/mol. The highest BCUT2D eigenvalue weighted by atomic mass is 32.1. The molecule has 0 N–H and O–H groups in total. The Morgan fingerprint density at radius 3 is 2.09 bits per heavy atom. The van der Waals surface area contributed by atoms with E-state index in [2.05, 4.69) is 4.98 Å². The maximum Gasteiger partial charge on any atom is 0.416 e. The van der Waals surface area contributed by atoms with E-state index in [0.717, 1.165) is 38.9 Å². The molecule has 0 aliphatic heterocycles. The normalized spacial score (nSPS) is 11.5. The molecule has 0 aliphatic carbocycles. The number of rotatable bonds is 3. The fourth-order valence-corrected chi connectivity index (χ4v) is 3.03. The summed E-state index contributed by atoms with van der Waals surface area (Å²) < 4.78 is 42.9. The van der Waals surface area contributed by atoms with Crippen LogP contribution in [0.2, 0.25) is 0 Å². The van der Waals surface area contributed by atoms with Gasteiger partial charge in [-0.05, 0) is 42.0 Å². The van der Waals surface area contributed by atoms with Crippen LogP contribution in [-0.4, -0.2) is 12.1 Å². The van der Waals surface area contributed by atoms with Crippen LogP contribution in [0.5, 0.6) is 5.75 Å². The van der Waals surface area contributed by atoms with Crippen LogP contribution >= 0.6 is 11.3 Å². The van der Waals surface area contributed by atoms with Crippen molar-refractivity contribution in [2.24, 2.45) is 0 Å². The van der Waals surface area contributed by atoms with E-state index in [-0.39, 0.29) is 0 Å². The smallest absolute Gasteiger partial charge is 0.416 e. The number of nitrogens with zero attached hydrogens (tertiary/aromatic N) is 1. The number of benzene rings is 2. The van der Waals surface area contributed by atoms with Gasteiger partial charge >= 0.3 is 6.18 Å². The van der Waals surface area contributed by atoms with E-state index < -0.39 is 11.7 Å². The van der Waals surface area contributed by atoms with Crippen molar-refractivity contribution in [3.05, 3.63) is 60.3 Å². The lowest BCUT2D eigenvalue weighted by Gasteiger charge is -2.06. The van der Waals surface area contributed by atoms with Crippen molar-refractivity contribution in [1.82, 2.24) is 4.98 Å².